The first kappa shape index (κ1) is 16.5. The van der Waals surface area contributed by atoms with Gasteiger partial charge in [0.1, 0.15) is 0 Å². The van der Waals surface area contributed by atoms with Crippen molar-refractivity contribution in [3.05, 3.63) is 29.3 Å². The van der Waals surface area contributed by atoms with E-state index in [9.17, 15) is 4.79 Å². The summed E-state index contributed by atoms with van der Waals surface area (Å²) in [5.41, 5.74) is 3.10. The number of hydrogen-bond donors (Lipinski definition) is 3. The van der Waals surface area contributed by atoms with Gasteiger partial charge in [-0.2, -0.15) is 0 Å². The minimum absolute atomic E-state index is 0.0497. The highest BCUT2D eigenvalue weighted by Crippen LogP contribution is 2.27. The van der Waals surface area contributed by atoms with Gasteiger partial charge in [-0.25, -0.2) is 4.79 Å². The first-order chi connectivity index (χ1) is 9.45. The summed E-state index contributed by atoms with van der Waals surface area (Å²) in [6.07, 6.45) is 1.47. The van der Waals surface area contributed by atoms with Crippen molar-refractivity contribution in [3.8, 4) is 0 Å². The maximum Gasteiger partial charge on any atom is 0.319 e. The van der Waals surface area contributed by atoms with Gasteiger partial charge in [-0.15, -0.1) is 0 Å². The van der Waals surface area contributed by atoms with E-state index in [-0.39, 0.29) is 18.7 Å². The van der Waals surface area contributed by atoms with Crippen molar-refractivity contribution in [2.45, 2.75) is 52.5 Å². The number of carbonyl (C=O) groups is 1. The summed E-state index contributed by atoms with van der Waals surface area (Å²) < 4.78 is 0. The number of para-hydroxylation sites is 1. The van der Waals surface area contributed by atoms with Gasteiger partial charge in [0.25, 0.3) is 0 Å². The van der Waals surface area contributed by atoms with Crippen LogP contribution in [0.1, 0.15) is 50.7 Å². The summed E-state index contributed by atoms with van der Waals surface area (Å²) in [7, 11) is 0. The average molecular weight is 278 g/mol. The molecule has 0 aliphatic carbocycles. The topological polar surface area (TPSA) is 61.4 Å². The molecule has 0 saturated heterocycles. The largest absolute Gasteiger partial charge is 0.396 e. The van der Waals surface area contributed by atoms with Gasteiger partial charge in [-0.3, -0.25) is 0 Å². The SMILES string of the molecule is Cc1cccc(C(C)C)c1NC(=O)NC(C)CCCO. The minimum Gasteiger partial charge on any atom is -0.396 e. The van der Waals surface area contributed by atoms with Crippen LogP contribution in [0.25, 0.3) is 0 Å². The smallest absolute Gasteiger partial charge is 0.319 e. The highest BCUT2D eigenvalue weighted by Gasteiger charge is 2.13. The summed E-state index contributed by atoms with van der Waals surface area (Å²) in [5.74, 6) is 0.358. The van der Waals surface area contributed by atoms with Crippen molar-refractivity contribution in [3.63, 3.8) is 0 Å². The fraction of sp³-hybridized carbons (Fsp3) is 0.562. The molecule has 4 heteroatoms. The number of benzene rings is 1. The molecular weight excluding hydrogens is 252 g/mol. The van der Waals surface area contributed by atoms with Gasteiger partial charge in [0.2, 0.25) is 0 Å². The van der Waals surface area contributed by atoms with Gasteiger partial charge in [0.15, 0.2) is 0 Å². The normalized spacial score (nSPS) is 12.3. The van der Waals surface area contributed by atoms with E-state index in [1.165, 1.54) is 0 Å². The summed E-state index contributed by atoms with van der Waals surface area (Å²) >= 11 is 0. The fourth-order valence-electron chi connectivity index (χ4n) is 2.19. The van der Waals surface area contributed by atoms with Gasteiger partial charge in [-0.1, -0.05) is 32.0 Å². The Morgan fingerprint density at radius 2 is 2.00 bits per heavy atom. The molecule has 0 bridgehead atoms. The molecule has 1 aromatic rings. The molecule has 0 aliphatic heterocycles. The zero-order valence-corrected chi connectivity index (χ0v) is 12.9. The van der Waals surface area contributed by atoms with Crippen LogP contribution in [0, 0.1) is 6.92 Å². The summed E-state index contributed by atoms with van der Waals surface area (Å²) in [6, 6.07) is 5.91. The number of urea groups is 1. The van der Waals surface area contributed by atoms with E-state index in [2.05, 4.69) is 24.5 Å². The predicted molar refractivity (Wildman–Crippen MR) is 83.2 cm³/mol. The van der Waals surface area contributed by atoms with Crippen molar-refractivity contribution in [1.82, 2.24) is 5.32 Å². The van der Waals surface area contributed by atoms with Crippen molar-refractivity contribution >= 4 is 11.7 Å². The molecule has 0 spiro atoms. The number of aryl methyl sites for hydroxylation is 1. The third kappa shape index (κ3) is 4.85. The Balaban J connectivity index is 2.71. The maximum absolute atomic E-state index is 12.0. The van der Waals surface area contributed by atoms with Crippen molar-refractivity contribution in [2.24, 2.45) is 0 Å². The second kappa shape index (κ2) is 7.90. The lowest BCUT2D eigenvalue weighted by atomic mass is 9.98. The predicted octanol–water partition coefficient (Wildman–Crippen LogP) is 3.40. The summed E-state index contributed by atoms with van der Waals surface area (Å²) in [6.45, 7) is 8.32. The number of rotatable bonds is 6. The Morgan fingerprint density at radius 3 is 2.60 bits per heavy atom. The zero-order valence-electron chi connectivity index (χ0n) is 12.9. The van der Waals surface area contributed by atoms with Crippen LogP contribution in [0.15, 0.2) is 18.2 Å². The fourth-order valence-corrected chi connectivity index (χ4v) is 2.19. The van der Waals surface area contributed by atoms with E-state index in [1.54, 1.807) is 0 Å². The highest BCUT2D eigenvalue weighted by molar-refractivity contribution is 5.91. The number of anilines is 1. The van der Waals surface area contributed by atoms with Gasteiger partial charge in [0, 0.05) is 18.3 Å². The number of carbonyl (C=O) groups excluding carboxylic acids is 1. The third-order valence-corrected chi connectivity index (χ3v) is 3.34. The molecule has 4 nitrogen and oxygen atoms in total. The molecule has 0 aromatic heterocycles. The molecule has 1 aromatic carbocycles. The van der Waals surface area contributed by atoms with Crippen molar-refractivity contribution in [1.29, 1.82) is 0 Å². The lowest BCUT2D eigenvalue weighted by Gasteiger charge is -2.19. The van der Waals surface area contributed by atoms with Crippen LogP contribution >= 0.6 is 0 Å². The van der Waals surface area contributed by atoms with Gasteiger partial charge >= 0.3 is 6.03 Å². The number of hydrogen-bond acceptors (Lipinski definition) is 2. The molecule has 1 rings (SSSR count). The van der Waals surface area contributed by atoms with E-state index in [0.717, 1.165) is 23.2 Å². The first-order valence-corrected chi connectivity index (χ1v) is 7.23. The number of amides is 2. The van der Waals surface area contributed by atoms with Crippen molar-refractivity contribution in [2.75, 3.05) is 11.9 Å². The van der Waals surface area contributed by atoms with Crippen LogP contribution in [0.3, 0.4) is 0 Å². The second-order valence-electron chi connectivity index (χ2n) is 5.56. The molecule has 0 fully saturated rings. The van der Waals surface area contributed by atoms with Crippen LogP contribution in [-0.4, -0.2) is 23.8 Å². The van der Waals surface area contributed by atoms with Crippen LogP contribution in [0.4, 0.5) is 10.5 Å². The van der Waals surface area contributed by atoms with E-state index in [1.807, 2.05) is 32.0 Å². The number of nitrogens with one attached hydrogen (secondary N) is 2. The molecule has 3 N–H and O–H groups in total. The van der Waals surface area contributed by atoms with Crippen LogP contribution in [0.5, 0.6) is 0 Å². The molecule has 0 heterocycles. The van der Waals surface area contributed by atoms with Crippen molar-refractivity contribution < 1.29 is 9.90 Å². The Hall–Kier alpha value is -1.55. The van der Waals surface area contributed by atoms with E-state index in [4.69, 9.17) is 5.11 Å². The molecule has 112 valence electrons. The first-order valence-electron chi connectivity index (χ1n) is 7.23. The molecule has 2 amide bonds. The van der Waals surface area contributed by atoms with Gasteiger partial charge < -0.3 is 15.7 Å². The molecule has 0 saturated carbocycles. The van der Waals surface area contributed by atoms with E-state index in [0.29, 0.717) is 12.3 Å². The minimum atomic E-state index is -0.188. The number of aliphatic hydroxyl groups is 1. The lowest BCUT2D eigenvalue weighted by molar-refractivity contribution is 0.245. The summed E-state index contributed by atoms with van der Waals surface area (Å²) in [4.78, 5) is 12.0. The van der Waals surface area contributed by atoms with Crippen LogP contribution < -0.4 is 10.6 Å². The Bertz CT molecular complexity index is 444. The highest BCUT2D eigenvalue weighted by atomic mass is 16.3. The maximum atomic E-state index is 12.0. The lowest BCUT2D eigenvalue weighted by Crippen LogP contribution is -2.36. The Kier molecular flexibility index (Phi) is 6.52. The average Bonchev–Trinajstić information content (AvgIpc) is 2.38. The zero-order chi connectivity index (χ0) is 15.1. The van der Waals surface area contributed by atoms with Gasteiger partial charge in [-0.05, 0) is 43.7 Å². The third-order valence-electron chi connectivity index (χ3n) is 3.34. The summed E-state index contributed by atoms with van der Waals surface area (Å²) in [5, 5.41) is 14.6. The second-order valence-corrected chi connectivity index (χ2v) is 5.56. The molecular formula is C16H26N2O2. The molecule has 20 heavy (non-hydrogen) atoms. The standard InChI is InChI=1S/C16H26N2O2/c1-11(2)14-9-5-7-12(3)15(14)18-16(20)17-13(4)8-6-10-19/h5,7,9,11,13,19H,6,8,10H2,1-4H3,(H2,17,18,20). The van der Waals surface area contributed by atoms with Crippen LogP contribution in [-0.2, 0) is 0 Å². The van der Waals surface area contributed by atoms with Crippen LogP contribution in [0.2, 0.25) is 0 Å². The molecule has 0 aliphatic rings. The van der Waals surface area contributed by atoms with E-state index >= 15 is 0 Å². The van der Waals surface area contributed by atoms with E-state index < -0.39 is 0 Å². The Morgan fingerprint density at radius 1 is 1.30 bits per heavy atom. The van der Waals surface area contributed by atoms with Gasteiger partial charge in [0.05, 0.1) is 0 Å². The quantitative estimate of drug-likeness (QED) is 0.747. The molecule has 1 atom stereocenters. The number of aliphatic hydroxyl groups excluding tert-OH is 1. The monoisotopic (exact) mass is 278 g/mol. The Labute approximate surface area is 121 Å². The molecule has 1 unspecified atom stereocenters. The molecule has 0 radical (unpaired) electrons.